The number of halogens is 1. The van der Waals surface area contributed by atoms with Crippen LogP contribution in [0.5, 0.6) is 0 Å². The Kier molecular flexibility index (Phi) is 5.93. The predicted octanol–water partition coefficient (Wildman–Crippen LogP) is 3.62. The first-order valence-electron chi connectivity index (χ1n) is 8.84. The van der Waals surface area contributed by atoms with Crippen molar-refractivity contribution in [3.05, 3.63) is 58.6 Å². The molecule has 1 atom stereocenters. The van der Waals surface area contributed by atoms with Crippen LogP contribution in [-0.4, -0.2) is 31.4 Å². The number of rotatable bonds is 6. The molecule has 0 radical (unpaired) electrons. The molecule has 3 aromatic rings. The second-order valence-corrected chi connectivity index (χ2v) is 7.13. The standard InChI is InChI=1S/C19H21BrN6O2/c1-4-25-17(8-9-21-25)19(28)23-15-7-5-6-14(10-15)22-18(27)13(3)26-11-16(20)12(2)24-26/h5-11,13H,4H2,1-3H3,(H,22,27)(H,23,28). The minimum absolute atomic E-state index is 0.206. The van der Waals surface area contributed by atoms with E-state index in [1.807, 2.05) is 13.8 Å². The lowest BCUT2D eigenvalue weighted by molar-refractivity contribution is -0.119. The summed E-state index contributed by atoms with van der Waals surface area (Å²) in [5.74, 6) is -0.462. The second-order valence-electron chi connectivity index (χ2n) is 6.27. The molecule has 3 rings (SSSR count). The summed E-state index contributed by atoms with van der Waals surface area (Å²) in [6, 6.07) is 8.18. The number of hydrogen-bond donors (Lipinski definition) is 2. The molecule has 0 saturated carbocycles. The summed E-state index contributed by atoms with van der Waals surface area (Å²) in [6.45, 7) is 6.15. The fourth-order valence-electron chi connectivity index (χ4n) is 2.67. The van der Waals surface area contributed by atoms with E-state index in [1.165, 1.54) is 0 Å². The lowest BCUT2D eigenvalue weighted by atomic mass is 10.2. The molecule has 0 fully saturated rings. The normalized spacial score (nSPS) is 11.9. The highest BCUT2D eigenvalue weighted by Crippen LogP contribution is 2.20. The molecule has 0 saturated heterocycles. The van der Waals surface area contributed by atoms with Crippen LogP contribution in [0.3, 0.4) is 0 Å². The third kappa shape index (κ3) is 4.30. The van der Waals surface area contributed by atoms with Crippen molar-refractivity contribution in [1.82, 2.24) is 19.6 Å². The zero-order valence-corrected chi connectivity index (χ0v) is 17.4. The van der Waals surface area contributed by atoms with Gasteiger partial charge in [-0.15, -0.1) is 0 Å². The molecule has 0 spiro atoms. The summed E-state index contributed by atoms with van der Waals surface area (Å²) in [7, 11) is 0. The Bertz CT molecular complexity index is 990. The molecule has 9 heteroatoms. The van der Waals surface area contributed by atoms with Crippen molar-refractivity contribution in [3.8, 4) is 0 Å². The van der Waals surface area contributed by atoms with Crippen LogP contribution in [0.1, 0.15) is 36.1 Å². The molecule has 2 amide bonds. The number of carbonyl (C=O) groups is 2. The van der Waals surface area contributed by atoms with Gasteiger partial charge in [0, 0.05) is 30.3 Å². The van der Waals surface area contributed by atoms with Crippen molar-refractivity contribution < 1.29 is 9.59 Å². The molecule has 0 aliphatic rings. The summed E-state index contributed by atoms with van der Waals surface area (Å²) in [6.07, 6.45) is 3.36. The Labute approximate surface area is 171 Å². The van der Waals surface area contributed by atoms with Gasteiger partial charge in [0.2, 0.25) is 5.91 Å². The highest BCUT2D eigenvalue weighted by molar-refractivity contribution is 9.10. The molecule has 1 aromatic carbocycles. The molecule has 0 aliphatic heterocycles. The van der Waals surface area contributed by atoms with Crippen LogP contribution in [0.2, 0.25) is 0 Å². The Morgan fingerprint density at radius 1 is 1.21 bits per heavy atom. The number of aryl methyl sites for hydroxylation is 2. The smallest absolute Gasteiger partial charge is 0.273 e. The van der Waals surface area contributed by atoms with Crippen LogP contribution in [0.25, 0.3) is 0 Å². The van der Waals surface area contributed by atoms with Crippen LogP contribution in [0, 0.1) is 6.92 Å². The van der Waals surface area contributed by atoms with Gasteiger partial charge in [0.1, 0.15) is 11.7 Å². The highest BCUT2D eigenvalue weighted by atomic mass is 79.9. The number of carbonyl (C=O) groups excluding carboxylic acids is 2. The monoisotopic (exact) mass is 444 g/mol. The Hall–Kier alpha value is -2.94. The average molecular weight is 445 g/mol. The molecular formula is C19H21BrN6O2. The fraction of sp³-hybridized carbons (Fsp3) is 0.263. The van der Waals surface area contributed by atoms with E-state index in [1.54, 1.807) is 59.0 Å². The van der Waals surface area contributed by atoms with E-state index < -0.39 is 6.04 Å². The first-order valence-corrected chi connectivity index (χ1v) is 9.63. The van der Waals surface area contributed by atoms with Crippen LogP contribution in [0.15, 0.2) is 47.2 Å². The van der Waals surface area contributed by atoms with Gasteiger partial charge in [-0.25, -0.2) is 0 Å². The number of nitrogens with zero attached hydrogens (tertiary/aromatic N) is 4. The fourth-order valence-corrected chi connectivity index (χ4v) is 2.96. The van der Waals surface area contributed by atoms with E-state index in [4.69, 9.17) is 0 Å². The first kappa shape index (κ1) is 19.8. The minimum Gasteiger partial charge on any atom is -0.324 e. The summed E-state index contributed by atoms with van der Waals surface area (Å²) in [5.41, 5.74) is 2.46. The molecule has 0 aliphatic carbocycles. The molecule has 28 heavy (non-hydrogen) atoms. The van der Waals surface area contributed by atoms with Gasteiger partial charge >= 0.3 is 0 Å². The SMILES string of the molecule is CCn1nccc1C(=O)Nc1cccc(NC(=O)C(C)n2cc(Br)c(C)n2)c1. The average Bonchev–Trinajstić information content (AvgIpc) is 3.28. The number of anilines is 2. The second kappa shape index (κ2) is 8.39. The highest BCUT2D eigenvalue weighted by Gasteiger charge is 2.18. The van der Waals surface area contributed by atoms with Crippen molar-refractivity contribution in [3.63, 3.8) is 0 Å². The predicted molar refractivity (Wildman–Crippen MR) is 110 cm³/mol. The third-order valence-corrected chi connectivity index (χ3v) is 5.05. The van der Waals surface area contributed by atoms with Crippen molar-refractivity contribution in [2.24, 2.45) is 0 Å². The van der Waals surface area contributed by atoms with Crippen molar-refractivity contribution in [2.45, 2.75) is 33.4 Å². The summed E-state index contributed by atoms with van der Waals surface area (Å²) >= 11 is 3.40. The molecule has 0 bridgehead atoms. The van der Waals surface area contributed by atoms with Crippen molar-refractivity contribution >= 4 is 39.1 Å². The zero-order valence-electron chi connectivity index (χ0n) is 15.8. The van der Waals surface area contributed by atoms with Gasteiger partial charge in [-0.3, -0.25) is 19.0 Å². The van der Waals surface area contributed by atoms with Crippen LogP contribution in [0.4, 0.5) is 11.4 Å². The third-order valence-electron chi connectivity index (χ3n) is 4.27. The van der Waals surface area contributed by atoms with Gasteiger partial charge in [-0.2, -0.15) is 10.2 Å². The first-order chi connectivity index (χ1) is 13.4. The molecule has 2 heterocycles. The van der Waals surface area contributed by atoms with Gasteiger partial charge in [-0.1, -0.05) is 6.07 Å². The number of hydrogen-bond acceptors (Lipinski definition) is 4. The Morgan fingerprint density at radius 2 is 1.93 bits per heavy atom. The number of benzene rings is 1. The van der Waals surface area contributed by atoms with E-state index in [2.05, 4.69) is 36.8 Å². The molecule has 2 N–H and O–H groups in total. The molecule has 146 valence electrons. The Balaban J connectivity index is 1.69. The van der Waals surface area contributed by atoms with Crippen LogP contribution >= 0.6 is 15.9 Å². The summed E-state index contributed by atoms with van der Waals surface area (Å²) in [5, 5.41) is 14.1. The quantitative estimate of drug-likeness (QED) is 0.606. The van der Waals surface area contributed by atoms with Crippen molar-refractivity contribution in [2.75, 3.05) is 10.6 Å². The van der Waals surface area contributed by atoms with Crippen LogP contribution < -0.4 is 10.6 Å². The summed E-state index contributed by atoms with van der Waals surface area (Å²) in [4.78, 5) is 25.0. The largest absolute Gasteiger partial charge is 0.324 e. The van der Waals surface area contributed by atoms with Gasteiger partial charge in [0.15, 0.2) is 0 Å². The van der Waals surface area contributed by atoms with Crippen molar-refractivity contribution in [1.29, 1.82) is 0 Å². The molecular weight excluding hydrogens is 424 g/mol. The van der Waals surface area contributed by atoms with Gasteiger partial charge < -0.3 is 10.6 Å². The number of amides is 2. The number of aromatic nitrogens is 4. The maximum Gasteiger partial charge on any atom is 0.273 e. The van der Waals surface area contributed by atoms with E-state index in [9.17, 15) is 9.59 Å². The molecule has 8 nitrogen and oxygen atoms in total. The topological polar surface area (TPSA) is 93.8 Å². The van der Waals surface area contributed by atoms with Gasteiger partial charge in [-0.05, 0) is 61.0 Å². The van der Waals surface area contributed by atoms with E-state index in [-0.39, 0.29) is 11.8 Å². The lowest BCUT2D eigenvalue weighted by Crippen LogP contribution is -2.24. The zero-order chi connectivity index (χ0) is 20.3. The van der Waals surface area contributed by atoms with Gasteiger partial charge in [0.05, 0.1) is 10.2 Å². The molecule has 1 unspecified atom stereocenters. The maximum absolute atomic E-state index is 12.6. The summed E-state index contributed by atoms with van der Waals surface area (Å²) < 4.78 is 4.07. The van der Waals surface area contributed by atoms with E-state index in [0.717, 1.165) is 10.2 Å². The van der Waals surface area contributed by atoms with Gasteiger partial charge in [0.25, 0.3) is 5.91 Å². The van der Waals surface area contributed by atoms with E-state index >= 15 is 0 Å². The maximum atomic E-state index is 12.6. The van der Waals surface area contributed by atoms with Crippen LogP contribution in [-0.2, 0) is 11.3 Å². The minimum atomic E-state index is -0.484. The van der Waals surface area contributed by atoms with E-state index in [0.29, 0.717) is 23.6 Å². The number of nitrogens with one attached hydrogen (secondary N) is 2. The molecule has 2 aromatic heterocycles. The Morgan fingerprint density at radius 3 is 2.57 bits per heavy atom. The lowest BCUT2D eigenvalue weighted by Gasteiger charge is -2.14.